The lowest BCUT2D eigenvalue weighted by Crippen LogP contribution is -2.22. The highest BCUT2D eigenvalue weighted by Gasteiger charge is 2.13. The van der Waals surface area contributed by atoms with Crippen LogP contribution in [0, 0.1) is 17.8 Å². The Balaban J connectivity index is 1.37. The van der Waals surface area contributed by atoms with Crippen molar-refractivity contribution < 1.29 is 9.32 Å². The number of rotatable bonds is 4. The summed E-state index contributed by atoms with van der Waals surface area (Å²) in [4.78, 5) is 12.5. The minimum Gasteiger partial charge on any atom is -0.359 e. The van der Waals surface area contributed by atoms with E-state index in [0.29, 0.717) is 22.3 Å². The Hall–Kier alpha value is -3.03. The molecular formula is C24H21ClN2O2. The number of halogens is 1. The molecular weight excluding hydrogens is 384 g/mol. The number of nitrogens with zero attached hydrogens (tertiary/aromatic N) is 1. The summed E-state index contributed by atoms with van der Waals surface area (Å²) in [5, 5.41) is 7.38. The maximum atomic E-state index is 12.5. The summed E-state index contributed by atoms with van der Waals surface area (Å²) in [6.45, 7) is 0.250. The highest BCUT2D eigenvalue weighted by atomic mass is 35.5. The normalized spacial score (nSPS) is 13.7. The van der Waals surface area contributed by atoms with Crippen LogP contribution in [0.3, 0.4) is 0 Å². The Morgan fingerprint density at radius 3 is 2.69 bits per heavy atom. The standard InChI is InChI=1S/C24H21ClN2O2/c25-22-14-20(13-12-18(22)11-10-17-6-4-5-7-17)24(28)26-16-21-15-23(27-29-21)19-8-2-1-3-9-19/h1-3,8-9,12-15,17H,4-7,16H2,(H,26,28). The predicted octanol–water partition coefficient (Wildman–Crippen LogP) is 5.47. The third-order valence-electron chi connectivity index (χ3n) is 5.05. The van der Waals surface area contributed by atoms with E-state index < -0.39 is 0 Å². The first-order valence-electron chi connectivity index (χ1n) is 9.79. The van der Waals surface area contributed by atoms with Gasteiger partial charge in [0.25, 0.3) is 5.91 Å². The summed E-state index contributed by atoms with van der Waals surface area (Å²) in [7, 11) is 0. The zero-order chi connectivity index (χ0) is 20.1. The second-order valence-corrected chi connectivity index (χ2v) is 7.58. The van der Waals surface area contributed by atoms with Crippen LogP contribution in [0.4, 0.5) is 0 Å². The van der Waals surface area contributed by atoms with E-state index in [1.807, 2.05) is 36.4 Å². The zero-order valence-electron chi connectivity index (χ0n) is 16.0. The number of benzene rings is 2. The van der Waals surface area contributed by atoms with Gasteiger partial charge >= 0.3 is 0 Å². The maximum absolute atomic E-state index is 12.5. The van der Waals surface area contributed by atoms with Crippen molar-refractivity contribution in [2.45, 2.75) is 32.2 Å². The largest absolute Gasteiger partial charge is 0.359 e. The van der Waals surface area contributed by atoms with Crippen molar-refractivity contribution in [3.05, 3.63) is 76.5 Å². The summed E-state index contributed by atoms with van der Waals surface area (Å²) in [6, 6.07) is 16.8. The van der Waals surface area contributed by atoms with E-state index >= 15 is 0 Å². The summed E-state index contributed by atoms with van der Waals surface area (Å²) in [5.41, 5.74) is 2.96. The second kappa shape index (κ2) is 8.98. The van der Waals surface area contributed by atoms with Crippen LogP contribution in [-0.2, 0) is 6.54 Å². The van der Waals surface area contributed by atoms with Crippen LogP contribution in [0.5, 0.6) is 0 Å². The van der Waals surface area contributed by atoms with Gasteiger partial charge in [-0.2, -0.15) is 0 Å². The molecule has 4 rings (SSSR count). The summed E-state index contributed by atoms with van der Waals surface area (Å²) in [5.74, 6) is 7.29. The lowest BCUT2D eigenvalue weighted by molar-refractivity contribution is 0.0947. The van der Waals surface area contributed by atoms with Crippen LogP contribution in [0.15, 0.2) is 59.1 Å². The Labute approximate surface area is 175 Å². The van der Waals surface area contributed by atoms with E-state index in [9.17, 15) is 4.79 Å². The fourth-order valence-corrected chi connectivity index (χ4v) is 3.65. The number of hydrogen-bond donors (Lipinski definition) is 1. The van der Waals surface area contributed by atoms with Crippen LogP contribution >= 0.6 is 11.6 Å². The number of amides is 1. The fourth-order valence-electron chi connectivity index (χ4n) is 3.42. The van der Waals surface area contributed by atoms with E-state index in [1.54, 1.807) is 18.2 Å². The lowest BCUT2D eigenvalue weighted by atomic mass is 10.1. The first-order chi connectivity index (χ1) is 14.2. The van der Waals surface area contributed by atoms with Gasteiger partial charge in [0.05, 0.1) is 11.6 Å². The molecule has 4 nitrogen and oxygen atoms in total. The summed E-state index contributed by atoms with van der Waals surface area (Å²) < 4.78 is 5.32. The Kier molecular flexibility index (Phi) is 5.97. The smallest absolute Gasteiger partial charge is 0.251 e. The van der Waals surface area contributed by atoms with Gasteiger partial charge in [0, 0.05) is 28.7 Å². The summed E-state index contributed by atoms with van der Waals surface area (Å²) in [6.07, 6.45) is 4.84. The molecule has 146 valence electrons. The molecule has 0 unspecified atom stereocenters. The maximum Gasteiger partial charge on any atom is 0.251 e. The molecule has 0 bridgehead atoms. The van der Waals surface area contributed by atoms with Crippen LogP contribution < -0.4 is 5.32 Å². The third kappa shape index (κ3) is 4.88. The minimum absolute atomic E-state index is 0.222. The number of carbonyl (C=O) groups is 1. The van der Waals surface area contributed by atoms with Crippen molar-refractivity contribution in [1.82, 2.24) is 10.5 Å². The highest BCUT2D eigenvalue weighted by Crippen LogP contribution is 2.24. The average Bonchev–Trinajstić information content (AvgIpc) is 3.44. The van der Waals surface area contributed by atoms with Gasteiger partial charge in [-0.15, -0.1) is 0 Å². The Bertz CT molecular complexity index is 1060. The zero-order valence-corrected chi connectivity index (χ0v) is 16.7. The van der Waals surface area contributed by atoms with Gasteiger partial charge in [0.1, 0.15) is 5.69 Å². The van der Waals surface area contributed by atoms with Crippen molar-refractivity contribution in [2.75, 3.05) is 0 Å². The van der Waals surface area contributed by atoms with Gasteiger partial charge in [0.2, 0.25) is 0 Å². The molecule has 1 saturated carbocycles. The van der Waals surface area contributed by atoms with Crippen LogP contribution in [0.2, 0.25) is 5.02 Å². The van der Waals surface area contributed by atoms with E-state index in [2.05, 4.69) is 22.3 Å². The molecule has 0 aliphatic heterocycles. The van der Waals surface area contributed by atoms with Gasteiger partial charge in [0.15, 0.2) is 5.76 Å². The van der Waals surface area contributed by atoms with Crippen LogP contribution in [0.25, 0.3) is 11.3 Å². The van der Waals surface area contributed by atoms with E-state index in [4.69, 9.17) is 16.1 Å². The van der Waals surface area contributed by atoms with Crippen molar-refractivity contribution in [3.8, 4) is 23.1 Å². The van der Waals surface area contributed by atoms with E-state index in [1.165, 1.54) is 25.7 Å². The van der Waals surface area contributed by atoms with Crippen LogP contribution in [-0.4, -0.2) is 11.1 Å². The third-order valence-corrected chi connectivity index (χ3v) is 5.36. The molecule has 1 aliphatic carbocycles. The molecule has 1 aromatic heterocycles. The van der Waals surface area contributed by atoms with Gasteiger partial charge in [-0.1, -0.05) is 71.8 Å². The minimum atomic E-state index is -0.222. The van der Waals surface area contributed by atoms with Crippen molar-refractivity contribution in [1.29, 1.82) is 0 Å². The quantitative estimate of drug-likeness (QED) is 0.587. The number of hydrogen-bond acceptors (Lipinski definition) is 3. The van der Waals surface area contributed by atoms with Gasteiger partial charge < -0.3 is 9.84 Å². The Morgan fingerprint density at radius 1 is 1.14 bits per heavy atom. The van der Waals surface area contributed by atoms with Gasteiger partial charge in [-0.25, -0.2) is 0 Å². The fraction of sp³-hybridized carbons (Fsp3) is 0.250. The van der Waals surface area contributed by atoms with Gasteiger partial charge in [-0.3, -0.25) is 4.79 Å². The predicted molar refractivity (Wildman–Crippen MR) is 113 cm³/mol. The molecule has 29 heavy (non-hydrogen) atoms. The molecule has 1 amide bonds. The molecule has 1 fully saturated rings. The molecule has 1 heterocycles. The van der Waals surface area contributed by atoms with Crippen molar-refractivity contribution in [2.24, 2.45) is 5.92 Å². The summed E-state index contributed by atoms with van der Waals surface area (Å²) >= 11 is 6.34. The topological polar surface area (TPSA) is 55.1 Å². The first-order valence-corrected chi connectivity index (χ1v) is 10.2. The molecule has 0 atom stereocenters. The van der Waals surface area contributed by atoms with Crippen molar-refractivity contribution >= 4 is 17.5 Å². The average molecular weight is 405 g/mol. The molecule has 2 aromatic carbocycles. The second-order valence-electron chi connectivity index (χ2n) is 7.17. The van der Waals surface area contributed by atoms with Gasteiger partial charge in [-0.05, 0) is 31.0 Å². The molecule has 1 N–H and O–H groups in total. The molecule has 0 saturated heterocycles. The number of nitrogens with one attached hydrogen (secondary N) is 1. The van der Waals surface area contributed by atoms with Crippen LogP contribution in [0.1, 0.15) is 47.4 Å². The van der Waals surface area contributed by atoms with E-state index in [0.717, 1.165) is 16.8 Å². The number of aromatic nitrogens is 1. The molecule has 3 aromatic rings. The molecule has 0 spiro atoms. The first kappa shape index (κ1) is 19.3. The van der Waals surface area contributed by atoms with E-state index in [-0.39, 0.29) is 12.5 Å². The number of carbonyl (C=O) groups excluding carboxylic acids is 1. The molecule has 0 radical (unpaired) electrons. The van der Waals surface area contributed by atoms with Crippen molar-refractivity contribution in [3.63, 3.8) is 0 Å². The SMILES string of the molecule is O=C(NCc1cc(-c2ccccc2)no1)c1ccc(C#CC2CCCC2)c(Cl)c1. The monoisotopic (exact) mass is 404 g/mol. The highest BCUT2D eigenvalue weighted by molar-refractivity contribution is 6.32. The lowest BCUT2D eigenvalue weighted by Gasteiger charge is -2.05. The molecule has 5 heteroatoms. The Morgan fingerprint density at radius 2 is 1.93 bits per heavy atom. The molecule has 1 aliphatic rings.